The Morgan fingerprint density at radius 2 is 1.87 bits per heavy atom. The molecule has 156 valence electrons. The van der Waals surface area contributed by atoms with Gasteiger partial charge in [0.2, 0.25) is 5.91 Å². The van der Waals surface area contributed by atoms with Gasteiger partial charge in [-0.1, -0.05) is 54.1 Å². The van der Waals surface area contributed by atoms with E-state index in [0.29, 0.717) is 33.9 Å². The molecule has 0 radical (unpaired) electrons. The van der Waals surface area contributed by atoms with Gasteiger partial charge >= 0.3 is 5.69 Å². The van der Waals surface area contributed by atoms with E-state index in [1.165, 1.54) is 4.57 Å². The van der Waals surface area contributed by atoms with Crippen molar-refractivity contribution in [2.45, 2.75) is 13.1 Å². The van der Waals surface area contributed by atoms with Gasteiger partial charge in [-0.05, 0) is 35.9 Å². The van der Waals surface area contributed by atoms with Gasteiger partial charge in [-0.25, -0.2) is 4.79 Å². The number of amides is 1. The summed E-state index contributed by atoms with van der Waals surface area (Å²) in [6.07, 6.45) is 0. The average Bonchev–Trinajstić information content (AvgIpc) is 2.80. The number of carbonyl (C=O) groups excluding carboxylic acids is 1. The summed E-state index contributed by atoms with van der Waals surface area (Å²) in [7, 11) is 1.59. The van der Waals surface area contributed by atoms with Gasteiger partial charge in [0.15, 0.2) is 0 Å². The van der Waals surface area contributed by atoms with Crippen LogP contribution in [0.2, 0.25) is 5.02 Å². The number of hydrogen-bond donors (Lipinski definition) is 1. The Morgan fingerprint density at radius 3 is 2.65 bits per heavy atom. The summed E-state index contributed by atoms with van der Waals surface area (Å²) < 4.78 is 6.56. The van der Waals surface area contributed by atoms with E-state index < -0.39 is 5.69 Å². The van der Waals surface area contributed by atoms with Crippen molar-refractivity contribution in [3.8, 4) is 17.0 Å². The van der Waals surface area contributed by atoms with Gasteiger partial charge in [0, 0.05) is 22.5 Å². The van der Waals surface area contributed by atoms with Crippen molar-refractivity contribution in [1.29, 1.82) is 0 Å². The van der Waals surface area contributed by atoms with Crippen LogP contribution >= 0.6 is 11.6 Å². The van der Waals surface area contributed by atoms with E-state index in [1.807, 2.05) is 54.6 Å². The fraction of sp³-hybridized carbons (Fsp3) is 0.125. The summed E-state index contributed by atoms with van der Waals surface area (Å²) in [4.78, 5) is 29.7. The second-order valence-electron chi connectivity index (χ2n) is 6.98. The zero-order chi connectivity index (χ0) is 21.8. The molecule has 1 aromatic heterocycles. The number of rotatable bonds is 6. The smallest absolute Gasteiger partial charge is 0.349 e. The number of hydrogen-bond acceptors (Lipinski definition) is 4. The average molecular weight is 434 g/mol. The summed E-state index contributed by atoms with van der Waals surface area (Å²) in [5.74, 6) is 0.418. The molecule has 0 unspecified atom stereocenters. The quantitative estimate of drug-likeness (QED) is 0.498. The number of fused-ring (bicyclic) bond motifs is 1. The summed E-state index contributed by atoms with van der Waals surface area (Å²) in [6.45, 7) is 0.174. The fourth-order valence-corrected chi connectivity index (χ4v) is 3.58. The molecule has 1 N–H and O–H groups in total. The first-order valence-corrected chi connectivity index (χ1v) is 10.1. The van der Waals surface area contributed by atoms with E-state index in [1.54, 1.807) is 25.3 Å². The van der Waals surface area contributed by atoms with Crippen LogP contribution < -0.4 is 15.7 Å². The molecule has 7 heteroatoms. The van der Waals surface area contributed by atoms with Crippen molar-refractivity contribution in [3.63, 3.8) is 0 Å². The molecule has 31 heavy (non-hydrogen) atoms. The molecular weight excluding hydrogens is 414 g/mol. The molecule has 0 fully saturated rings. The fourth-order valence-electron chi connectivity index (χ4n) is 3.40. The SMILES string of the molecule is COc1cccc(CNC(=O)Cn2c(=O)nc(-c3ccccc3)c3cc(Cl)ccc32)c1. The van der Waals surface area contributed by atoms with E-state index in [-0.39, 0.29) is 12.5 Å². The molecule has 1 amide bonds. The second kappa shape index (κ2) is 9.02. The Hall–Kier alpha value is -3.64. The van der Waals surface area contributed by atoms with Gasteiger partial charge in [0.1, 0.15) is 12.3 Å². The number of nitrogens with zero attached hydrogens (tertiary/aromatic N) is 2. The monoisotopic (exact) mass is 433 g/mol. The van der Waals surface area contributed by atoms with Crippen LogP contribution in [0, 0.1) is 0 Å². The van der Waals surface area contributed by atoms with Crippen LogP contribution in [0.4, 0.5) is 0 Å². The van der Waals surface area contributed by atoms with Crippen LogP contribution in [0.15, 0.2) is 77.6 Å². The topological polar surface area (TPSA) is 73.2 Å². The van der Waals surface area contributed by atoms with Gasteiger partial charge in [-0.15, -0.1) is 0 Å². The highest BCUT2D eigenvalue weighted by atomic mass is 35.5. The van der Waals surface area contributed by atoms with Crippen molar-refractivity contribution >= 4 is 28.4 Å². The van der Waals surface area contributed by atoms with Crippen LogP contribution in [0.3, 0.4) is 0 Å². The number of nitrogens with one attached hydrogen (secondary N) is 1. The standard InChI is InChI=1S/C24H20ClN3O3/c1-31-19-9-5-6-16(12-19)14-26-22(29)15-28-21-11-10-18(25)13-20(21)23(27-24(28)30)17-7-3-2-4-8-17/h2-13H,14-15H2,1H3,(H,26,29). The van der Waals surface area contributed by atoms with Gasteiger partial charge in [0.05, 0.1) is 18.3 Å². The summed E-state index contributed by atoms with van der Waals surface area (Å²) in [5.41, 5.74) is 2.34. The third kappa shape index (κ3) is 4.59. The third-order valence-electron chi connectivity index (χ3n) is 4.92. The van der Waals surface area contributed by atoms with Gasteiger partial charge in [-0.2, -0.15) is 4.98 Å². The summed E-state index contributed by atoms with van der Waals surface area (Å²) in [6, 6.07) is 22.0. The lowest BCUT2D eigenvalue weighted by atomic mass is 10.1. The molecule has 0 aliphatic carbocycles. The second-order valence-corrected chi connectivity index (χ2v) is 7.42. The highest BCUT2D eigenvalue weighted by molar-refractivity contribution is 6.31. The first kappa shape index (κ1) is 20.6. The number of carbonyl (C=O) groups is 1. The first-order valence-electron chi connectivity index (χ1n) is 9.70. The summed E-state index contributed by atoms with van der Waals surface area (Å²) >= 11 is 6.21. The Labute approximate surface area is 184 Å². The van der Waals surface area contributed by atoms with E-state index in [2.05, 4.69) is 10.3 Å². The number of ether oxygens (including phenoxy) is 1. The minimum absolute atomic E-state index is 0.150. The van der Waals surface area contributed by atoms with Crippen molar-refractivity contribution in [3.05, 3.63) is 93.9 Å². The molecule has 4 rings (SSSR count). The van der Waals surface area contributed by atoms with Crippen molar-refractivity contribution < 1.29 is 9.53 Å². The predicted octanol–water partition coefficient (Wildman–Crippen LogP) is 4.04. The van der Waals surface area contributed by atoms with Crippen LogP contribution in [0.25, 0.3) is 22.2 Å². The highest BCUT2D eigenvalue weighted by Gasteiger charge is 2.15. The molecule has 4 aromatic rings. The Bertz CT molecular complexity index is 1300. The van der Waals surface area contributed by atoms with Crippen LogP contribution in [0.1, 0.15) is 5.56 Å². The Balaban J connectivity index is 1.64. The zero-order valence-corrected chi connectivity index (χ0v) is 17.6. The number of aromatic nitrogens is 2. The lowest BCUT2D eigenvalue weighted by molar-refractivity contribution is -0.121. The molecule has 0 atom stereocenters. The van der Waals surface area contributed by atoms with Gasteiger partial charge in [0.25, 0.3) is 0 Å². The van der Waals surface area contributed by atoms with Crippen LogP contribution in [-0.2, 0) is 17.9 Å². The van der Waals surface area contributed by atoms with Crippen molar-refractivity contribution in [2.75, 3.05) is 7.11 Å². The largest absolute Gasteiger partial charge is 0.497 e. The molecule has 0 aliphatic rings. The molecule has 0 spiro atoms. The van der Waals surface area contributed by atoms with Gasteiger partial charge < -0.3 is 10.1 Å². The Kier molecular flexibility index (Phi) is 6.00. The van der Waals surface area contributed by atoms with E-state index >= 15 is 0 Å². The number of halogens is 1. The third-order valence-corrected chi connectivity index (χ3v) is 5.15. The Morgan fingerprint density at radius 1 is 1.06 bits per heavy atom. The molecule has 1 heterocycles. The maximum atomic E-state index is 12.8. The molecular formula is C24H20ClN3O3. The van der Waals surface area contributed by atoms with E-state index in [0.717, 1.165) is 11.1 Å². The molecule has 0 aliphatic heterocycles. The molecule has 0 saturated carbocycles. The minimum Gasteiger partial charge on any atom is -0.497 e. The minimum atomic E-state index is -0.495. The maximum Gasteiger partial charge on any atom is 0.349 e. The van der Waals surface area contributed by atoms with E-state index in [9.17, 15) is 9.59 Å². The predicted molar refractivity (Wildman–Crippen MR) is 121 cm³/mol. The maximum absolute atomic E-state index is 12.8. The first-order chi connectivity index (χ1) is 15.0. The normalized spacial score (nSPS) is 10.8. The van der Waals surface area contributed by atoms with Crippen molar-refractivity contribution in [1.82, 2.24) is 14.9 Å². The summed E-state index contributed by atoms with van der Waals surface area (Å²) in [5, 5.41) is 4.07. The molecule has 0 saturated heterocycles. The molecule has 0 bridgehead atoms. The number of methoxy groups -OCH3 is 1. The highest BCUT2D eigenvalue weighted by Crippen LogP contribution is 2.27. The lowest BCUT2D eigenvalue weighted by Gasteiger charge is -2.13. The molecule has 3 aromatic carbocycles. The van der Waals surface area contributed by atoms with Crippen molar-refractivity contribution in [2.24, 2.45) is 0 Å². The van der Waals surface area contributed by atoms with Gasteiger partial charge in [-0.3, -0.25) is 9.36 Å². The lowest BCUT2D eigenvalue weighted by Crippen LogP contribution is -2.33. The zero-order valence-electron chi connectivity index (χ0n) is 16.8. The van der Waals surface area contributed by atoms with Crippen LogP contribution in [-0.4, -0.2) is 22.6 Å². The van der Waals surface area contributed by atoms with Crippen LogP contribution in [0.5, 0.6) is 5.75 Å². The number of benzene rings is 3. The van der Waals surface area contributed by atoms with E-state index in [4.69, 9.17) is 16.3 Å². The molecule has 6 nitrogen and oxygen atoms in total.